The van der Waals surface area contributed by atoms with E-state index in [0.29, 0.717) is 0 Å². The van der Waals surface area contributed by atoms with Crippen molar-refractivity contribution in [2.24, 2.45) is 11.8 Å². The van der Waals surface area contributed by atoms with E-state index < -0.39 is 0 Å². The third kappa shape index (κ3) is 1.93. The predicted molar refractivity (Wildman–Crippen MR) is 61.8 cm³/mol. The average molecular weight is 203 g/mol. The molecule has 0 bridgehead atoms. The first-order valence-corrected chi connectivity index (χ1v) is 6.21. The molecule has 3 rings (SSSR count). The number of rotatable bonds is 0. The number of hydrogen-bond acceptors (Lipinski definition) is 1. The van der Waals surface area contributed by atoms with Crippen molar-refractivity contribution in [3.8, 4) is 0 Å². The molecular weight excluding hydrogens is 181 g/mol. The van der Waals surface area contributed by atoms with Gasteiger partial charge in [-0.1, -0.05) is 25.7 Å². The van der Waals surface area contributed by atoms with E-state index in [0.717, 1.165) is 23.9 Å². The summed E-state index contributed by atoms with van der Waals surface area (Å²) in [6, 6.07) is 1.84. The number of nitrogens with one attached hydrogen (secondary N) is 1. The van der Waals surface area contributed by atoms with Gasteiger partial charge in [0.15, 0.2) is 0 Å². The molecule has 0 aromatic heterocycles. The van der Waals surface area contributed by atoms with Gasteiger partial charge in [-0.3, -0.25) is 0 Å². The number of hydrogen-bond donors (Lipinski definition) is 1. The maximum absolute atomic E-state index is 3.89. The number of fused-ring (bicyclic) bond motifs is 3. The summed E-state index contributed by atoms with van der Waals surface area (Å²) in [5, 5.41) is 3.89. The van der Waals surface area contributed by atoms with E-state index in [2.05, 4.69) is 5.32 Å². The first-order valence-electron chi connectivity index (χ1n) is 6.21. The molecule has 1 heterocycles. The summed E-state index contributed by atoms with van der Waals surface area (Å²) in [4.78, 5) is 0. The Balaban J connectivity index is 0.000000750. The summed E-state index contributed by atoms with van der Waals surface area (Å²) in [6.07, 6.45) is 12.0. The van der Waals surface area contributed by atoms with Crippen LogP contribution in [0.4, 0.5) is 0 Å². The van der Waals surface area contributed by atoms with Crippen LogP contribution in [0.2, 0.25) is 0 Å². The molecular formula is C12H22NNa. The van der Waals surface area contributed by atoms with E-state index in [-0.39, 0.29) is 29.6 Å². The van der Waals surface area contributed by atoms with Gasteiger partial charge in [-0.25, -0.2) is 0 Å². The van der Waals surface area contributed by atoms with E-state index in [9.17, 15) is 0 Å². The monoisotopic (exact) mass is 203 g/mol. The molecule has 2 heteroatoms. The fraction of sp³-hybridized carbons (Fsp3) is 1.00. The van der Waals surface area contributed by atoms with Crippen LogP contribution in [0.1, 0.15) is 51.4 Å². The van der Waals surface area contributed by atoms with Gasteiger partial charge in [-0.05, 0) is 37.5 Å². The SMILES string of the molecule is C1CCC2C(C1)NC1CCCCC12.[NaH]. The van der Waals surface area contributed by atoms with E-state index in [1.54, 1.807) is 0 Å². The first-order chi connectivity index (χ1) is 6.45. The van der Waals surface area contributed by atoms with E-state index in [1.807, 2.05) is 0 Å². The molecule has 1 saturated heterocycles. The molecule has 3 fully saturated rings. The van der Waals surface area contributed by atoms with Crippen LogP contribution >= 0.6 is 0 Å². The Morgan fingerprint density at radius 2 is 1.07 bits per heavy atom. The van der Waals surface area contributed by atoms with Crippen LogP contribution in [0, 0.1) is 11.8 Å². The second kappa shape index (κ2) is 4.86. The molecule has 3 aliphatic rings. The molecule has 14 heavy (non-hydrogen) atoms. The van der Waals surface area contributed by atoms with Crippen LogP contribution < -0.4 is 5.32 Å². The molecule has 0 amide bonds. The normalized spacial score (nSPS) is 46.3. The predicted octanol–water partition coefficient (Wildman–Crippen LogP) is 2.06. The zero-order valence-corrected chi connectivity index (χ0v) is 8.47. The summed E-state index contributed by atoms with van der Waals surface area (Å²) in [5.74, 6) is 2.14. The van der Waals surface area contributed by atoms with Crippen molar-refractivity contribution >= 4 is 29.6 Å². The van der Waals surface area contributed by atoms with Crippen molar-refractivity contribution in [2.45, 2.75) is 63.5 Å². The molecule has 1 nitrogen and oxygen atoms in total. The molecule has 0 spiro atoms. The van der Waals surface area contributed by atoms with E-state index >= 15 is 0 Å². The summed E-state index contributed by atoms with van der Waals surface area (Å²) < 4.78 is 0. The Hall–Kier alpha value is 0.960. The standard InChI is InChI=1S/C12H21N.Na.H/c1-3-7-11-9(5-1)10-6-2-4-8-12(10)13-11;;/h9-13H,1-8H2;;. The molecule has 0 aromatic carbocycles. The third-order valence-electron chi connectivity index (χ3n) is 4.62. The first kappa shape index (κ1) is 11.4. The zero-order valence-electron chi connectivity index (χ0n) is 8.47. The third-order valence-corrected chi connectivity index (χ3v) is 4.62. The molecule has 76 valence electrons. The van der Waals surface area contributed by atoms with Gasteiger partial charge in [0, 0.05) is 12.1 Å². The molecule has 2 saturated carbocycles. The van der Waals surface area contributed by atoms with Crippen molar-refractivity contribution in [3.05, 3.63) is 0 Å². The molecule has 0 aromatic rings. The van der Waals surface area contributed by atoms with Crippen LogP contribution in [0.5, 0.6) is 0 Å². The fourth-order valence-corrected chi connectivity index (χ4v) is 4.03. The van der Waals surface area contributed by atoms with Gasteiger partial charge in [0.05, 0.1) is 0 Å². The zero-order chi connectivity index (χ0) is 8.67. The topological polar surface area (TPSA) is 12.0 Å². The van der Waals surface area contributed by atoms with Gasteiger partial charge in [0.25, 0.3) is 0 Å². The summed E-state index contributed by atoms with van der Waals surface area (Å²) in [6.45, 7) is 0. The van der Waals surface area contributed by atoms with Crippen LogP contribution in [0.15, 0.2) is 0 Å². The molecule has 4 unspecified atom stereocenters. The Morgan fingerprint density at radius 3 is 1.57 bits per heavy atom. The van der Waals surface area contributed by atoms with Gasteiger partial charge in [-0.15, -0.1) is 0 Å². The molecule has 1 aliphatic heterocycles. The second-order valence-electron chi connectivity index (χ2n) is 5.28. The Labute approximate surface area is 110 Å². The van der Waals surface area contributed by atoms with Crippen LogP contribution in [-0.4, -0.2) is 41.6 Å². The Morgan fingerprint density at radius 1 is 0.643 bits per heavy atom. The van der Waals surface area contributed by atoms with E-state index in [4.69, 9.17) is 0 Å². The molecule has 4 atom stereocenters. The van der Waals surface area contributed by atoms with Gasteiger partial charge >= 0.3 is 29.6 Å². The fourth-order valence-electron chi connectivity index (χ4n) is 4.03. The van der Waals surface area contributed by atoms with Gasteiger partial charge in [0.2, 0.25) is 0 Å². The summed E-state index contributed by atoms with van der Waals surface area (Å²) >= 11 is 0. The minimum atomic E-state index is 0. The van der Waals surface area contributed by atoms with Crippen molar-refractivity contribution in [1.82, 2.24) is 5.32 Å². The minimum absolute atomic E-state index is 0. The quantitative estimate of drug-likeness (QED) is 0.594. The van der Waals surface area contributed by atoms with Gasteiger partial charge in [-0.2, -0.15) is 0 Å². The van der Waals surface area contributed by atoms with Crippen LogP contribution in [0.25, 0.3) is 0 Å². The summed E-state index contributed by atoms with van der Waals surface area (Å²) in [5.41, 5.74) is 0. The molecule has 1 N–H and O–H groups in total. The van der Waals surface area contributed by atoms with Crippen LogP contribution in [-0.2, 0) is 0 Å². The maximum atomic E-state index is 3.89. The van der Waals surface area contributed by atoms with Gasteiger partial charge < -0.3 is 5.32 Å². The van der Waals surface area contributed by atoms with E-state index in [1.165, 1.54) is 51.4 Å². The van der Waals surface area contributed by atoms with Crippen molar-refractivity contribution < 1.29 is 0 Å². The van der Waals surface area contributed by atoms with Gasteiger partial charge in [0.1, 0.15) is 0 Å². The van der Waals surface area contributed by atoms with Crippen molar-refractivity contribution in [1.29, 1.82) is 0 Å². The van der Waals surface area contributed by atoms with Crippen molar-refractivity contribution in [2.75, 3.05) is 0 Å². The van der Waals surface area contributed by atoms with Crippen LogP contribution in [0.3, 0.4) is 0 Å². The average Bonchev–Trinajstić information content (AvgIpc) is 2.56. The Kier molecular flexibility index (Phi) is 3.98. The molecule has 2 aliphatic carbocycles. The Bertz CT molecular complexity index is 175. The second-order valence-corrected chi connectivity index (χ2v) is 5.28. The van der Waals surface area contributed by atoms with Crippen molar-refractivity contribution in [3.63, 3.8) is 0 Å². The summed E-state index contributed by atoms with van der Waals surface area (Å²) in [7, 11) is 0. The molecule has 0 radical (unpaired) electrons.